The summed E-state index contributed by atoms with van der Waals surface area (Å²) in [7, 11) is 0. The van der Waals surface area contributed by atoms with Crippen LogP contribution in [0.25, 0.3) is 60.9 Å². The summed E-state index contributed by atoms with van der Waals surface area (Å²) >= 11 is 0. The third-order valence-corrected chi connectivity index (χ3v) is 16.8. The van der Waals surface area contributed by atoms with E-state index in [-0.39, 0.29) is 10.8 Å². The molecule has 6 aliphatic carbocycles. The minimum Gasteiger partial charge on any atom is -0.310 e. The summed E-state index contributed by atoms with van der Waals surface area (Å²) in [6.45, 7) is 4.76. The van der Waals surface area contributed by atoms with Gasteiger partial charge >= 0.3 is 0 Å². The molecule has 0 aliphatic heterocycles. The van der Waals surface area contributed by atoms with Crippen molar-refractivity contribution in [2.24, 2.45) is 23.7 Å². The molecule has 1 heterocycles. The summed E-state index contributed by atoms with van der Waals surface area (Å²) in [4.78, 5) is 2.48. The summed E-state index contributed by atoms with van der Waals surface area (Å²) in [6, 6.07) is 69.2. The van der Waals surface area contributed by atoms with Crippen molar-refractivity contribution in [3.8, 4) is 39.1 Å². The van der Waals surface area contributed by atoms with Gasteiger partial charge in [0.1, 0.15) is 0 Å². The molecule has 6 aliphatic rings. The van der Waals surface area contributed by atoms with Gasteiger partial charge in [0.05, 0.1) is 11.0 Å². The van der Waals surface area contributed by atoms with Gasteiger partial charge in [0.15, 0.2) is 0 Å². The summed E-state index contributed by atoms with van der Waals surface area (Å²) in [5, 5.41) is 2.51. The van der Waals surface area contributed by atoms with Crippen LogP contribution >= 0.6 is 0 Å². The van der Waals surface area contributed by atoms with Crippen molar-refractivity contribution in [3.05, 3.63) is 204 Å². The quantitative estimate of drug-likeness (QED) is 0.168. The van der Waals surface area contributed by atoms with Gasteiger partial charge in [-0.3, -0.25) is 0 Å². The van der Waals surface area contributed by atoms with Crippen molar-refractivity contribution >= 4 is 38.9 Å². The Morgan fingerprint density at radius 2 is 0.984 bits per heavy atom. The van der Waals surface area contributed by atoms with Gasteiger partial charge in [-0.2, -0.15) is 0 Å². The Morgan fingerprint density at radius 3 is 1.76 bits per heavy atom. The topological polar surface area (TPSA) is 8.17 Å². The van der Waals surface area contributed by atoms with E-state index >= 15 is 0 Å². The van der Waals surface area contributed by atoms with Crippen LogP contribution in [0.2, 0.25) is 0 Å². The number of hydrogen-bond donors (Lipinski definition) is 0. The average molecular weight is 811 g/mol. The highest BCUT2D eigenvalue weighted by Gasteiger charge is 2.61. The first kappa shape index (κ1) is 35.9. The molecular weight excluding hydrogens is 761 g/mol. The van der Waals surface area contributed by atoms with Gasteiger partial charge in [0.25, 0.3) is 0 Å². The maximum absolute atomic E-state index is 2.55. The second-order valence-corrected chi connectivity index (χ2v) is 20.2. The Bertz CT molecular complexity index is 3300. The smallest absolute Gasteiger partial charge is 0.0542 e. The van der Waals surface area contributed by atoms with Gasteiger partial charge in [-0.15, -0.1) is 0 Å². The summed E-state index contributed by atoms with van der Waals surface area (Å²) in [5.74, 6) is 3.45. The van der Waals surface area contributed by atoms with Crippen LogP contribution in [0.4, 0.5) is 17.1 Å². The number of nitrogens with zero attached hydrogens (tertiary/aromatic N) is 2. The van der Waals surface area contributed by atoms with Crippen LogP contribution in [-0.4, -0.2) is 4.57 Å². The predicted molar refractivity (Wildman–Crippen MR) is 262 cm³/mol. The predicted octanol–water partition coefficient (Wildman–Crippen LogP) is 15.9. The monoisotopic (exact) mass is 810 g/mol. The Labute approximate surface area is 370 Å². The lowest BCUT2D eigenvalue weighted by Gasteiger charge is -2.61. The van der Waals surface area contributed by atoms with Gasteiger partial charge < -0.3 is 9.47 Å². The highest BCUT2D eigenvalue weighted by molar-refractivity contribution is 6.10. The molecule has 9 aromatic rings. The second-order valence-electron chi connectivity index (χ2n) is 20.2. The van der Waals surface area contributed by atoms with Crippen LogP contribution in [-0.2, 0) is 10.8 Å². The van der Waals surface area contributed by atoms with Crippen LogP contribution in [0.3, 0.4) is 0 Å². The van der Waals surface area contributed by atoms with Crippen molar-refractivity contribution in [2.75, 3.05) is 4.90 Å². The molecular formula is C61H50N2. The molecule has 2 nitrogen and oxygen atoms in total. The van der Waals surface area contributed by atoms with Crippen molar-refractivity contribution in [1.82, 2.24) is 4.57 Å². The third-order valence-electron chi connectivity index (χ3n) is 16.8. The highest BCUT2D eigenvalue weighted by atomic mass is 15.1. The van der Waals surface area contributed by atoms with E-state index < -0.39 is 0 Å². The summed E-state index contributed by atoms with van der Waals surface area (Å²) < 4.78 is 2.41. The average Bonchev–Trinajstić information content (AvgIpc) is 3.89. The Hall–Kier alpha value is -6.64. The number of fused-ring (bicyclic) bond motifs is 9. The minimum atomic E-state index is -0.105. The van der Waals surface area contributed by atoms with Crippen LogP contribution < -0.4 is 4.90 Å². The first-order chi connectivity index (χ1) is 30.9. The molecule has 0 N–H and O–H groups in total. The van der Waals surface area contributed by atoms with E-state index in [2.05, 4.69) is 205 Å². The normalized spacial score (nSPS) is 23.0. The molecule has 63 heavy (non-hydrogen) atoms. The molecule has 0 amide bonds. The van der Waals surface area contributed by atoms with Crippen LogP contribution in [0, 0.1) is 23.7 Å². The molecule has 8 aromatic carbocycles. The molecule has 4 saturated carbocycles. The lowest BCUT2D eigenvalue weighted by molar-refractivity contribution is -0.0399. The zero-order valence-corrected chi connectivity index (χ0v) is 36.1. The number of benzene rings is 8. The zero-order chi connectivity index (χ0) is 41.6. The van der Waals surface area contributed by atoms with E-state index in [0.717, 1.165) is 35.0 Å². The maximum atomic E-state index is 2.55. The number of anilines is 3. The Balaban J connectivity index is 0.903. The number of rotatable bonds is 5. The fourth-order valence-corrected chi connectivity index (χ4v) is 14.4. The SMILES string of the molecule is CC1(C)c2ccccc2-c2ccc(N(c3ccc(-c4ccc5c(c4)-c4ccccc4C54C5CC6CC(C5)CC4C6)cc3)c3ccc4c(c3)c3ccccc3n4-c3ccccc3)cc21. The number of para-hydroxylation sites is 2. The second kappa shape index (κ2) is 13.0. The van der Waals surface area contributed by atoms with E-state index in [0.29, 0.717) is 0 Å². The maximum Gasteiger partial charge on any atom is 0.0542 e. The molecule has 0 atom stereocenters. The lowest BCUT2D eigenvalue weighted by Crippen LogP contribution is -2.55. The minimum absolute atomic E-state index is 0.105. The zero-order valence-electron chi connectivity index (χ0n) is 36.1. The van der Waals surface area contributed by atoms with E-state index in [1.54, 1.807) is 11.1 Å². The highest BCUT2D eigenvalue weighted by Crippen LogP contribution is 2.69. The lowest BCUT2D eigenvalue weighted by atomic mass is 9.43. The van der Waals surface area contributed by atoms with Gasteiger partial charge in [-0.05, 0) is 178 Å². The standard InChI is InChI=1S/C61H50N2/c1-60(2)54-17-9-6-14-48(54)50-27-25-47(37-57(50)60)62(46-26-29-59-53(36-46)51-16-8-11-19-58(51)63(59)44-12-4-3-5-13-44)45-23-20-40(21-24-45)41-22-28-56-52(35-41)49-15-7-10-18-55(49)61(56)42-31-38-30-39(33-42)34-43(61)32-38/h3-29,35-39,42-43H,30-34H2,1-2H3. The van der Waals surface area contributed by atoms with Crippen molar-refractivity contribution in [3.63, 3.8) is 0 Å². The summed E-state index contributed by atoms with van der Waals surface area (Å²) in [6.07, 6.45) is 7.14. The molecule has 0 unspecified atom stereocenters. The van der Waals surface area contributed by atoms with Crippen LogP contribution in [0.15, 0.2) is 182 Å². The fourth-order valence-electron chi connectivity index (χ4n) is 14.4. The molecule has 304 valence electrons. The van der Waals surface area contributed by atoms with E-state index in [9.17, 15) is 0 Å². The van der Waals surface area contributed by atoms with Gasteiger partial charge in [-0.25, -0.2) is 0 Å². The molecule has 0 radical (unpaired) electrons. The van der Waals surface area contributed by atoms with Gasteiger partial charge in [-0.1, -0.05) is 129 Å². The largest absolute Gasteiger partial charge is 0.310 e. The van der Waals surface area contributed by atoms with Gasteiger partial charge in [0.2, 0.25) is 0 Å². The molecule has 4 bridgehead atoms. The van der Waals surface area contributed by atoms with Crippen molar-refractivity contribution in [1.29, 1.82) is 0 Å². The molecule has 2 heteroatoms. The van der Waals surface area contributed by atoms with Crippen molar-refractivity contribution < 1.29 is 0 Å². The number of hydrogen-bond acceptors (Lipinski definition) is 1. The molecule has 4 fully saturated rings. The van der Waals surface area contributed by atoms with Crippen LogP contribution in [0.5, 0.6) is 0 Å². The fraction of sp³-hybridized carbons (Fsp3) is 0.213. The first-order valence-corrected chi connectivity index (χ1v) is 23.4. The van der Waals surface area contributed by atoms with Crippen LogP contribution in [0.1, 0.15) is 68.2 Å². The Morgan fingerprint density at radius 1 is 0.413 bits per heavy atom. The van der Waals surface area contributed by atoms with Crippen molar-refractivity contribution in [2.45, 2.75) is 56.8 Å². The van der Waals surface area contributed by atoms with E-state index in [1.165, 1.54) is 110 Å². The summed E-state index contributed by atoms with van der Waals surface area (Å²) in [5.41, 5.74) is 21.4. The molecule has 1 aromatic heterocycles. The van der Waals surface area contributed by atoms with E-state index in [4.69, 9.17) is 0 Å². The first-order valence-electron chi connectivity index (χ1n) is 23.4. The molecule has 15 rings (SSSR count). The molecule has 0 saturated heterocycles. The van der Waals surface area contributed by atoms with Gasteiger partial charge in [0, 0.05) is 44.4 Å². The third kappa shape index (κ3) is 4.90. The number of aromatic nitrogens is 1. The molecule has 1 spiro atoms. The van der Waals surface area contributed by atoms with E-state index in [1.807, 2.05) is 0 Å². The Kier molecular flexibility index (Phi) is 7.38.